The maximum Gasteiger partial charge on any atom is 0.344 e. The number of ether oxygens (including phenoxy) is 3. The predicted molar refractivity (Wildman–Crippen MR) is 167 cm³/mol. The van der Waals surface area contributed by atoms with Crippen molar-refractivity contribution in [3.8, 4) is 11.5 Å². The van der Waals surface area contributed by atoms with Crippen molar-refractivity contribution in [1.29, 1.82) is 0 Å². The molecule has 10 heteroatoms. The average molecular weight is 696 g/mol. The molecule has 4 rings (SSSR count). The molecule has 1 N–H and O–H groups in total. The van der Waals surface area contributed by atoms with Crippen LogP contribution in [-0.2, 0) is 16.1 Å². The number of hydrogen-bond acceptors (Lipinski definition) is 7. The molecule has 0 amide bonds. The van der Waals surface area contributed by atoms with Gasteiger partial charge in [0.2, 0.25) is 0 Å². The Morgan fingerprint density at radius 2 is 1.82 bits per heavy atom. The summed E-state index contributed by atoms with van der Waals surface area (Å²) in [6, 6.07) is 18.2. The summed E-state index contributed by atoms with van der Waals surface area (Å²) in [5.41, 5.74) is 2.24. The zero-order chi connectivity index (χ0) is 27.9. The molecule has 0 aromatic heterocycles. The number of aliphatic imine (C=N–C) groups is 1. The summed E-state index contributed by atoms with van der Waals surface area (Å²) in [7, 11) is 0. The molecular weight excluding hydrogens is 672 g/mol. The Kier molecular flexibility index (Phi) is 10.2. The SMILES string of the molecule is CCOC(=O)C1=C(O)/C(=C/c2cc(I)c(OCc3ccc(Cl)cc3Cl)c(OCC)c2)SC1=Nc1ccccc1. The van der Waals surface area contributed by atoms with Gasteiger partial charge < -0.3 is 19.3 Å². The molecule has 39 heavy (non-hydrogen) atoms. The highest BCUT2D eigenvalue weighted by molar-refractivity contribution is 14.1. The second kappa shape index (κ2) is 13.6. The van der Waals surface area contributed by atoms with Crippen LogP contribution in [0.2, 0.25) is 10.0 Å². The Balaban J connectivity index is 1.68. The lowest BCUT2D eigenvalue weighted by Gasteiger charge is -2.15. The van der Waals surface area contributed by atoms with Gasteiger partial charge >= 0.3 is 5.97 Å². The normalized spacial score (nSPS) is 15.2. The number of benzene rings is 3. The van der Waals surface area contributed by atoms with Crippen molar-refractivity contribution in [2.45, 2.75) is 20.5 Å². The smallest absolute Gasteiger partial charge is 0.344 e. The molecule has 0 aliphatic carbocycles. The average Bonchev–Trinajstić information content (AvgIpc) is 3.19. The molecule has 0 saturated heterocycles. The van der Waals surface area contributed by atoms with Gasteiger partial charge in [-0.05, 0) is 84.5 Å². The van der Waals surface area contributed by atoms with Crippen LogP contribution in [0, 0.1) is 3.57 Å². The summed E-state index contributed by atoms with van der Waals surface area (Å²) < 4.78 is 18.0. The maximum atomic E-state index is 12.7. The second-order valence-corrected chi connectivity index (χ2v) is 11.1. The van der Waals surface area contributed by atoms with E-state index in [2.05, 4.69) is 27.6 Å². The number of aliphatic hydroxyl groups is 1. The first-order chi connectivity index (χ1) is 18.8. The third-order valence-electron chi connectivity index (χ3n) is 5.37. The number of thioether (sulfide) groups is 1. The van der Waals surface area contributed by atoms with E-state index >= 15 is 0 Å². The lowest BCUT2D eigenvalue weighted by atomic mass is 10.1. The zero-order valence-corrected chi connectivity index (χ0v) is 25.5. The van der Waals surface area contributed by atoms with Crippen LogP contribution in [0.25, 0.3) is 6.08 Å². The molecule has 0 radical (unpaired) electrons. The van der Waals surface area contributed by atoms with E-state index in [9.17, 15) is 9.90 Å². The molecule has 0 saturated carbocycles. The fraction of sp³-hybridized carbons (Fsp3) is 0.172. The van der Waals surface area contributed by atoms with Gasteiger partial charge in [0.25, 0.3) is 0 Å². The van der Waals surface area contributed by atoms with Gasteiger partial charge in [0.15, 0.2) is 11.5 Å². The Labute approximate surface area is 254 Å². The lowest BCUT2D eigenvalue weighted by Crippen LogP contribution is -2.12. The molecule has 0 spiro atoms. The third-order valence-corrected chi connectivity index (χ3v) is 7.78. The van der Waals surface area contributed by atoms with Gasteiger partial charge in [-0.25, -0.2) is 9.79 Å². The Bertz CT molecular complexity index is 1470. The first kappa shape index (κ1) is 29.3. The molecule has 202 valence electrons. The minimum Gasteiger partial charge on any atom is -0.506 e. The van der Waals surface area contributed by atoms with Gasteiger partial charge in [0.05, 0.1) is 27.4 Å². The van der Waals surface area contributed by atoms with Crippen molar-refractivity contribution in [3.63, 3.8) is 0 Å². The van der Waals surface area contributed by atoms with Crippen LogP contribution in [0.1, 0.15) is 25.0 Å². The Morgan fingerprint density at radius 1 is 1.05 bits per heavy atom. The zero-order valence-electron chi connectivity index (χ0n) is 21.0. The highest BCUT2D eigenvalue weighted by atomic mass is 127. The molecule has 0 bridgehead atoms. The Hall–Kier alpha value is -2.66. The van der Waals surface area contributed by atoms with Crippen molar-refractivity contribution >= 4 is 80.3 Å². The molecule has 0 atom stereocenters. The van der Waals surface area contributed by atoms with Gasteiger partial charge in [-0.2, -0.15) is 0 Å². The highest BCUT2D eigenvalue weighted by Gasteiger charge is 2.33. The molecule has 1 aliphatic heterocycles. The summed E-state index contributed by atoms with van der Waals surface area (Å²) in [6.07, 6.45) is 1.78. The van der Waals surface area contributed by atoms with Crippen LogP contribution in [-0.4, -0.2) is 29.3 Å². The number of halogens is 3. The monoisotopic (exact) mass is 695 g/mol. The maximum absolute atomic E-state index is 12.7. The Morgan fingerprint density at radius 3 is 2.51 bits per heavy atom. The molecular formula is C29H24Cl2INO5S. The van der Waals surface area contributed by atoms with E-state index in [1.165, 1.54) is 11.8 Å². The van der Waals surface area contributed by atoms with Gasteiger partial charge in [-0.15, -0.1) is 0 Å². The van der Waals surface area contributed by atoms with Crippen molar-refractivity contribution in [2.75, 3.05) is 13.2 Å². The van der Waals surface area contributed by atoms with E-state index in [-0.39, 0.29) is 24.5 Å². The first-order valence-electron chi connectivity index (χ1n) is 12.0. The largest absolute Gasteiger partial charge is 0.506 e. The minimum absolute atomic E-state index is 0.0384. The van der Waals surface area contributed by atoms with E-state index in [1.54, 1.807) is 25.1 Å². The van der Waals surface area contributed by atoms with Crippen LogP contribution in [0.15, 0.2) is 81.9 Å². The minimum atomic E-state index is -0.630. The van der Waals surface area contributed by atoms with Crippen molar-refractivity contribution in [2.24, 2.45) is 4.99 Å². The van der Waals surface area contributed by atoms with E-state index in [1.807, 2.05) is 55.5 Å². The number of hydrogen-bond donors (Lipinski definition) is 1. The molecule has 0 fully saturated rings. The van der Waals surface area contributed by atoms with Crippen molar-refractivity contribution in [1.82, 2.24) is 0 Å². The summed E-state index contributed by atoms with van der Waals surface area (Å²) in [6.45, 7) is 4.43. The molecule has 1 aliphatic rings. The number of para-hydroxylation sites is 1. The van der Waals surface area contributed by atoms with Crippen LogP contribution >= 0.6 is 57.6 Å². The number of nitrogens with zero attached hydrogens (tertiary/aromatic N) is 1. The topological polar surface area (TPSA) is 77.4 Å². The van der Waals surface area contributed by atoms with E-state index in [0.29, 0.717) is 43.8 Å². The fourth-order valence-electron chi connectivity index (χ4n) is 3.63. The van der Waals surface area contributed by atoms with Gasteiger partial charge in [0.1, 0.15) is 23.0 Å². The van der Waals surface area contributed by atoms with Gasteiger partial charge in [-0.1, -0.05) is 59.2 Å². The van der Waals surface area contributed by atoms with Crippen molar-refractivity contribution < 1.29 is 24.1 Å². The molecule has 3 aromatic rings. The van der Waals surface area contributed by atoms with Crippen LogP contribution in [0.4, 0.5) is 5.69 Å². The summed E-state index contributed by atoms with van der Waals surface area (Å²) in [5, 5.41) is 12.5. The standard InChI is InChI=1S/C29H24Cl2INO5S/c1-3-36-23-13-17(12-22(32)27(23)38-16-18-10-11-19(30)15-21(18)31)14-24-26(34)25(29(35)37-4-2)28(39-24)33-20-8-6-5-7-9-20/h5-15,34H,3-4,16H2,1-2H3/b24-14-,33-28?. The van der Waals surface area contributed by atoms with E-state index in [4.69, 9.17) is 37.4 Å². The number of aliphatic hydroxyl groups excluding tert-OH is 1. The highest BCUT2D eigenvalue weighted by Crippen LogP contribution is 2.42. The predicted octanol–water partition coefficient (Wildman–Crippen LogP) is 8.77. The van der Waals surface area contributed by atoms with Gasteiger partial charge in [0, 0.05) is 15.6 Å². The second-order valence-electron chi connectivity index (χ2n) is 8.09. The lowest BCUT2D eigenvalue weighted by molar-refractivity contribution is -0.138. The third kappa shape index (κ3) is 7.30. The quantitative estimate of drug-likeness (QED) is 0.178. The number of rotatable bonds is 9. The summed E-state index contributed by atoms with van der Waals surface area (Å²) >= 11 is 15.7. The van der Waals surface area contributed by atoms with Gasteiger partial charge in [-0.3, -0.25) is 0 Å². The number of carbonyl (C=O) groups excluding carboxylic acids is 1. The fourth-order valence-corrected chi connectivity index (χ4v) is 5.91. The van der Waals surface area contributed by atoms with Crippen LogP contribution in [0.5, 0.6) is 11.5 Å². The molecule has 0 unspecified atom stereocenters. The summed E-state index contributed by atoms with van der Waals surface area (Å²) in [5.74, 6) is 0.299. The molecule has 1 heterocycles. The van der Waals surface area contributed by atoms with Crippen LogP contribution < -0.4 is 9.47 Å². The number of carbonyl (C=O) groups is 1. The first-order valence-corrected chi connectivity index (χ1v) is 14.6. The van der Waals surface area contributed by atoms with E-state index in [0.717, 1.165) is 14.7 Å². The van der Waals surface area contributed by atoms with Crippen molar-refractivity contribution in [3.05, 3.63) is 102 Å². The molecule has 3 aromatic carbocycles. The van der Waals surface area contributed by atoms with Crippen LogP contribution in [0.3, 0.4) is 0 Å². The number of esters is 1. The summed E-state index contributed by atoms with van der Waals surface area (Å²) in [4.78, 5) is 17.8. The van der Waals surface area contributed by atoms with E-state index < -0.39 is 5.97 Å². The molecule has 6 nitrogen and oxygen atoms in total.